The summed E-state index contributed by atoms with van der Waals surface area (Å²) in [7, 11) is 0. The normalized spacial score (nSPS) is 11.0. The van der Waals surface area contributed by atoms with E-state index in [4.69, 9.17) is 4.42 Å². The number of rotatable bonds is 5. The predicted molar refractivity (Wildman–Crippen MR) is 103 cm³/mol. The van der Waals surface area contributed by atoms with Crippen molar-refractivity contribution in [1.29, 1.82) is 0 Å². The van der Waals surface area contributed by atoms with Gasteiger partial charge in [-0.05, 0) is 43.2 Å². The molecule has 0 saturated heterocycles. The van der Waals surface area contributed by atoms with E-state index in [9.17, 15) is 9.59 Å². The molecule has 27 heavy (non-hydrogen) atoms. The molecular weight excluding hydrogens is 344 g/mol. The van der Waals surface area contributed by atoms with E-state index in [1.54, 1.807) is 12.3 Å². The lowest BCUT2D eigenvalue weighted by Crippen LogP contribution is -2.26. The van der Waals surface area contributed by atoms with Gasteiger partial charge in [0.05, 0.1) is 5.56 Å². The lowest BCUT2D eigenvalue weighted by atomic mass is 10.1. The molecule has 140 valence electrons. The summed E-state index contributed by atoms with van der Waals surface area (Å²) in [5.74, 6) is 0.672. The van der Waals surface area contributed by atoms with Crippen LogP contribution in [0.15, 0.2) is 45.7 Å². The molecule has 0 aliphatic rings. The van der Waals surface area contributed by atoms with E-state index in [2.05, 4.69) is 15.5 Å². The lowest BCUT2D eigenvalue weighted by Gasteiger charge is -2.09. The third-order valence-electron chi connectivity index (χ3n) is 3.98. The zero-order valence-corrected chi connectivity index (χ0v) is 15.8. The first-order chi connectivity index (χ1) is 12.8. The molecular formula is C20H22N4O3. The van der Waals surface area contributed by atoms with Crippen LogP contribution in [0.2, 0.25) is 0 Å². The molecule has 7 heteroatoms. The fourth-order valence-electron chi connectivity index (χ4n) is 2.77. The fraction of sp³-hybridized carbons (Fsp3) is 0.300. The number of aromatic nitrogens is 3. The van der Waals surface area contributed by atoms with Crippen LogP contribution in [0.5, 0.6) is 0 Å². The molecule has 0 unspecified atom stereocenters. The number of nitrogens with zero attached hydrogens (tertiary/aromatic N) is 3. The Kier molecular flexibility index (Phi) is 5.21. The zero-order valence-electron chi connectivity index (χ0n) is 15.8. The van der Waals surface area contributed by atoms with Crippen LogP contribution in [-0.2, 0) is 11.3 Å². The van der Waals surface area contributed by atoms with Crippen molar-refractivity contribution in [3.63, 3.8) is 0 Å². The van der Waals surface area contributed by atoms with E-state index >= 15 is 0 Å². The third-order valence-corrected chi connectivity index (χ3v) is 3.98. The zero-order chi connectivity index (χ0) is 19.6. The number of benzene rings is 1. The molecule has 3 rings (SSSR count). The molecule has 0 atom stereocenters. The Labute approximate surface area is 157 Å². The molecule has 0 spiro atoms. The summed E-state index contributed by atoms with van der Waals surface area (Å²) in [5, 5.41) is 10.8. The Bertz CT molecular complexity index is 1010. The highest BCUT2D eigenvalue weighted by Gasteiger charge is 2.13. The van der Waals surface area contributed by atoms with E-state index in [-0.39, 0.29) is 23.9 Å². The largest absolute Gasteiger partial charge is 0.420 e. The predicted octanol–water partition coefficient (Wildman–Crippen LogP) is 3.28. The maximum Gasteiger partial charge on any atom is 0.251 e. The van der Waals surface area contributed by atoms with Gasteiger partial charge in [-0.25, -0.2) is 0 Å². The molecule has 1 amide bonds. The van der Waals surface area contributed by atoms with Crippen molar-refractivity contribution in [3.8, 4) is 11.5 Å². The number of pyridine rings is 1. The highest BCUT2D eigenvalue weighted by molar-refractivity contribution is 5.90. The van der Waals surface area contributed by atoms with Crippen LogP contribution in [-0.4, -0.2) is 20.7 Å². The van der Waals surface area contributed by atoms with Crippen LogP contribution in [0.25, 0.3) is 11.5 Å². The smallest absolute Gasteiger partial charge is 0.251 e. The number of carbonyl (C=O) groups is 1. The van der Waals surface area contributed by atoms with E-state index in [0.717, 1.165) is 11.1 Å². The average molecular weight is 366 g/mol. The molecule has 0 radical (unpaired) electrons. The van der Waals surface area contributed by atoms with Crippen LogP contribution in [0.4, 0.5) is 5.69 Å². The molecule has 1 N–H and O–H groups in total. The maximum absolute atomic E-state index is 12.4. The van der Waals surface area contributed by atoms with Crippen molar-refractivity contribution in [2.45, 2.75) is 40.2 Å². The first-order valence-electron chi connectivity index (χ1n) is 8.74. The van der Waals surface area contributed by atoms with Crippen LogP contribution >= 0.6 is 0 Å². The Balaban J connectivity index is 1.79. The number of aryl methyl sites for hydroxylation is 2. The van der Waals surface area contributed by atoms with Crippen LogP contribution in [0.1, 0.15) is 36.8 Å². The quantitative estimate of drug-likeness (QED) is 0.748. The summed E-state index contributed by atoms with van der Waals surface area (Å²) in [6.07, 6.45) is 1.56. The van der Waals surface area contributed by atoms with Gasteiger partial charge in [0.2, 0.25) is 17.7 Å². The first kappa shape index (κ1) is 18.6. The van der Waals surface area contributed by atoms with Crippen molar-refractivity contribution < 1.29 is 9.21 Å². The molecule has 0 aliphatic heterocycles. The summed E-state index contributed by atoms with van der Waals surface area (Å²) in [6.45, 7) is 7.73. The second-order valence-electron chi connectivity index (χ2n) is 6.91. The summed E-state index contributed by atoms with van der Waals surface area (Å²) in [4.78, 5) is 24.5. The van der Waals surface area contributed by atoms with Gasteiger partial charge in [0, 0.05) is 23.9 Å². The molecule has 0 aliphatic carbocycles. The monoisotopic (exact) mass is 366 g/mol. The number of amides is 1. The number of hydrogen-bond donors (Lipinski definition) is 1. The van der Waals surface area contributed by atoms with Crippen LogP contribution in [0, 0.1) is 13.8 Å². The van der Waals surface area contributed by atoms with Gasteiger partial charge < -0.3 is 14.3 Å². The summed E-state index contributed by atoms with van der Waals surface area (Å²) >= 11 is 0. The molecule has 0 fully saturated rings. The van der Waals surface area contributed by atoms with E-state index in [1.807, 2.05) is 45.9 Å². The second-order valence-corrected chi connectivity index (χ2v) is 6.91. The topological polar surface area (TPSA) is 90.0 Å². The highest BCUT2D eigenvalue weighted by Crippen LogP contribution is 2.20. The van der Waals surface area contributed by atoms with Gasteiger partial charge >= 0.3 is 0 Å². The van der Waals surface area contributed by atoms with Gasteiger partial charge in [0.15, 0.2) is 0 Å². The van der Waals surface area contributed by atoms with Gasteiger partial charge in [0.1, 0.15) is 6.54 Å². The Hall–Kier alpha value is -3.22. The summed E-state index contributed by atoms with van der Waals surface area (Å²) < 4.78 is 6.94. The van der Waals surface area contributed by atoms with Crippen LogP contribution < -0.4 is 10.9 Å². The Morgan fingerprint density at radius 3 is 2.48 bits per heavy atom. The fourth-order valence-corrected chi connectivity index (χ4v) is 2.77. The standard InChI is InChI=1S/C20H22N4O3/c1-12(2)19-22-23-20(27-19)15-5-6-18(26)24(10-15)11-17(25)21-16-8-13(3)7-14(4)9-16/h5-10,12H,11H2,1-4H3,(H,21,25). The Morgan fingerprint density at radius 2 is 1.85 bits per heavy atom. The number of nitrogens with one attached hydrogen (secondary N) is 1. The third kappa shape index (κ3) is 4.49. The van der Waals surface area contributed by atoms with E-state index < -0.39 is 0 Å². The Morgan fingerprint density at radius 1 is 1.15 bits per heavy atom. The molecule has 2 aromatic heterocycles. The minimum Gasteiger partial charge on any atom is -0.420 e. The van der Waals surface area contributed by atoms with Crippen molar-refractivity contribution >= 4 is 11.6 Å². The maximum atomic E-state index is 12.4. The number of hydrogen-bond acceptors (Lipinski definition) is 5. The van der Waals surface area contributed by atoms with Gasteiger partial charge in [-0.2, -0.15) is 0 Å². The second kappa shape index (κ2) is 7.57. The molecule has 1 aromatic carbocycles. The molecule has 2 heterocycles. The minimum atomic E-state index is -0.285. The van der Waals surface area contributed by atoms with Crippen LogP contribution in [0.3, 0.4) is 0 Å². The van der Waals surface area contributed by atoms with Gasteiger partial charge in [-0.15, -0.1) is 10.2 Å². The van der Waals surface area contributed by atoms with E-state index in [1.165, 1.54) is 10.6 Å². The molecule has 0 bridgehead atoms. The summed E-state index contributed by atoms with van der Waals surface area (Å²) in [6, 6.07) is 8.79. The highest BCUT2D eigenvalue weighted by atomic mass is 16.4. The van der Waals surface area contributed by atoms with Gasteiger partial charge in [-0.1, -0.05) is 19.9 Å². The first-order valence-corrected chi connectivity index (χ1v) is 8.74. The number of anilines is 1. The van der Waals surface area contributed by atoms with Crippen molar-refractivity contribution in [1.82, 2.24) is 14.8 Å². The SMILES string of the molecule is Cc1cc(C)cc(NC(=O)Cn2cc(-c3nnc(C(C)C)o3)ccc2=O)c1. The average Bonchev–Trinajstić information content (AvgIpc) is 3.06. The number of carbonyl (C=O) groups excluding carboxylic acids is 1. The summed E-state index contributed by atoms with van der Waals surface area (Å²) in [5.41, 5.74) is 3.13. The molecule has 7 nitrogen and oxygen atoms in total. The molecule has 0 saturated carbocycles. The lowest BCUT2D eigenvalue weighted by molar-refractivity contribution is -0.116. The van der Waals surface area contributed by atoms with Crippen molar-refractivity contribution in [3.05, 3.63) is 63.9 Å². The molecule has 3 aromatic rings. The van der Waals surface area contributed by atoms with Gasteiger partial charge in [-0.3, -0.25) is 9.59 Å². The van der Waals surface area contributed by atoms with Gasteiger partial charge in [0.25, 0.3) is 5.56 Å². The van der Waals surface area contributed by atoms with Crippen molar-refractivity contribution in [2.24, 2.45) is 0 Å². The van der Waals surface area contributed by atoms with Crippen molar-refractivity contribution in [2.75, 3.05) is 5.32 Å². The minimum absolute atomic E-state index is 0.106. The van der Waals surface area contributed by atoms with E-state index in [0.29, 0.717) is 23.0 Å².